The third-order valence-electron chi connectivity index (χ3n) is 4.02. The Balaban J connectivity index is 0. The van der Waals surface area contributed by atoms with Crippen molar-refractivity contribution >= 4 is 16.0 Å². The molecule has 0 aromatic heterocycles. The van der Waals surface area contributed by atoms with Gasteiger partial charge in [0, 0.05) is 6.54 Å². The SMILES string of the molecule is CCN(CC(=O)[O-])S(=O)(=O)C(F)(F)C(F)(F)C(F)(F)C(F)(F)C(F)(F)C(F)(F)C(F)(F)C(F)(F)F.[NH4+]. The molecule has 0 aliphatic heterocycles. The third-order valence-corrected chi connectivity index (χ3v) is 5.99. The predicted octanol–water partition coefficient (Wildman–Crippen LogP) is 3.73. The summed E-state index contributed by atoms with van der Waals surface area (Å²) < 4.78 is 245. The number of hydrogen-bond acceptors (Lipinski definition) is 4. The Morgan fingerprint density at radius 1 is 0.639 bits per heavy atom. The summed E-state index contributed by atoms with van der Waals surface area (Å²) in [5, 5.41) is 2.51. The molecule has 0 aliphatic carbocycles. The minimum absolute atomic E-state index is 0. The van der Waals surface area contributed by atoms with Crippen molar-refractivity contribution in [2.45, 2.75) is 53.9 Å². The Morgan fingerprint density at radius 2 is 0.917 bits per heavy atom. The highest BCUT2D eigenvalue weighted by atomic mass is 32.2. The topological polar surface area (TPSA) is 114 Å². The number of quaternary nitrogens is 1. The number of halogens is 17. The van der Waals surface area contributed by atoms with Crippen LogP contribution in [-0.2, 0) is 14.8 Å². The Kier molecular flexibility index (Phi) is 9.55. The standard InChI is InChI=1S/C12H8F17NO4S.H3N/c1-2-30(3-4(31)32)35(33,34)12(28,29)10(23,24)8(19,20)6(15,16)5(13,14)7(17,18)9(21,22)11(25,26)27;/h2-3H2,1H3,(H,31,32);1H3. The maximum atomic E-state index is 13.8. The van der Waals surface area contributed by atoms with E-state index in [1.54, 1.807) is 0 Å². The number of carboxylic acid groups (broad SMARTS) is 1. The van der Waals surface area contributed by atoms with Gasteiger partial charge in [-0.1, -0.05) is 6.92 Å². The van der Waals surface area contributed by atoms with Gasteiger partial charge in [0.25, 0.3) is 10.0 Å². The molecule has 0 heterocycles. The van der Waals surface area contributed by atoms with Crippen molar-refractivity contribution in [1.82, 2.24) is 10.5 Å². The molecule has 0 saturated heterocycles. The van der Waals surface area contributed by atoms with E-state index in [1.165, 1.54) is 0 Å². The van der Waals surface area contributed by atoms with Crippen LogP contribution in [0.4, 0.5) is 74.6 Å². The van der Waals surface area contributed by atoms with E-state index in [-0.39, 0.29) is 6.15 Å². The van der Waals surface area contributed by atoms with Crippen molar-refractivity contribution in [2.75, 3.05) is 13.1 Å². The van der Waals surface area contributed by atoms with Gasteiger partial charge < -0.3 is 16.1 Å². The van der Waals surface area contributed by atoms with Gasteiger partial charge in [0.1, 0.15) is 0 Å². The molecule has 0 rings (SSSR count). The fourth-order valence-corrected chi connectivity index (χ4v) is 3.38. The van der Waals surface area contributed by atoms with E-state index in [9.17, 15) is 93.0 Å². The van der Waals surface area contributed by atoms with Gasteiger partial charge in [-0.2, -0.15) is 78.9 Å². The van der Waals surface area contributed by atoms with Crippen LogP contribution in [0.3, 0.4) is 0 Å². The lowest BCUT2D eigenvalue weighted by molar-refractivity contribution is -0.458. The normalized spacial score (nSPS) is 15.6. The van der Waals surface area contributed by atoms with Crippen LogP contribution in [0.2, 0.25) is 0 Å². The fourth-order valence-electron chi connectivity index (χ4n) is 1.98. The van der Waals surface area contributed by atoms with Crippen molar-refractivity contribution in [3.8, 4) is 0 Å². The maximum absolute atomic E-state index is 13.8. The zero-order valence-corrected chi connectivity index (χ0v) is 17.6. The monoisotopic (exact) mass is 602 g/mol. The molecule has 0 fully saturated rings. The van der Waals surface area contributed by atoms with Crippen molar-refractivity contribution in [1.29, 1.82) is 0 Å². The van der Waals surface area contributed by atoms with Crippen LogP contribution in [0.5, 0.6) is 0 Å². The molecule has 218 valence electrons. The lowest BCUT2D eigenvalue weighted by Crippen LogP contribution is -2.75. The van der Waals surface area contributed by atoms with Crippen LogP contribution in [0.1, 0.15) is 6.92 Å². The molecular formula is C12H11F17N2O4S. The second kappa shape index (κ2) is 9.47. The average Bonchev–Trinajstić information content (AvgIpc) is 2.63. The summed E-state index contributed by atoms with van der Waals surface area (Å²) in [7, 11) is -7.62. The number of likely N-dealkylation sites (N-methyl/N-ethyl adjacent to an activating group) is 1. The number of nitrogens with zero attached hydrogens (tertiary/aromatic N) is 1. The van der Waals surface area contributed by atoms with E-state index in [0.29, 0.717) is 6.92 Å². The summed E-state index contributed by atoms with van der Waals surface area (Å²) in [6, 6.07) is 0. The minimum atomic E-state index is -8.95. The molecule has 24 heteroatoms. The first-order chi connectivity index (χ1) is 14.9. The predicted molar refractivity (Wildman–Crippen MR) is 77.8 cm³/mol. The zero-order chi connectivity index (χ0) is 29.1. The molecule has 0 amide bonds. The summed E-state index contributed by atoms with van der Waals surface area (Å²) in [6.07, 6.45) is -7.92. The summed E-state index contributed by atoms with van der Waals surface area (Å²) >= 11 is 0. The Morgan fingerprint density at radius 3 is 1.17 bits per heavy atom. The first kappa shape index (κ1) is 36.3. The van der Waals surface area contributed by atoms with Crippen LogP contribution >= 0.6 is 0 Å². The number of rotatable bonds is 11. The van der Waals surface area contributed by atoms with Gasteiger partial charge in [-0.05, 0) is 0 Å². The highest BCUT2D eigenvalue weighted by molar-refractivity contribution is 7.90. The van der Waals surface area contributed by atoms with Gasteiger partial charge in [-0.15, -0.1) is 0 Å². The summed E-state index contributed by atoms with van der Waals surface area (Å²) in [4.78, 5) is 10.3. The maximum Gasteiger partial charge on any atom is 0.460 e. The molecule has 0 aromatic carbocycles. The molecule has 0 spiro atoms. The van der Waals surface area contributed by atoms with Gasteiger partial charge >= 0.3 is 47.0 Å². The van der Waals surface area contributed by atoms with Gasteiger partial charge in [-0.25, -0.2) is 8.42 Å². The summed E-state index contributed by atoms with van der Waals surface area (Å²) in [6.45, 7) is -3.69. The Bertz CT molecular complexity index is 915. The summed E-state index contributed by atoms with van der Waals surface area (Å²) in [5.74, 6) is -55.0. The van der Waals surface area contributed by atoms with E-state index >= 15 is 0 Å². The highest BCUT2D eigenvalue weighted by Gasteiger charge is 2.96. The number of carboxylic acids is 1. The van der Waals surface area contributed by atoms with E-state index in [2.05, 4.69) is 0 Å². The molecule has 4 N–H and O–H groups in total. The van der Waals surface area contributed by atoms with Crippen molar-refractivity contribution < 1.29 is 93.0 Å². The van der Waals surface area contributed by atoms with E-state index in [0.717, 1.165) is 0 Å². The number of alkyl halides is 17. The second-order valence-corrected chi connectivity index (χ2v) is 8.24. The van der Waals surface area contributed by atoms with Gasteiger partial charge in [-0.3, -0.25) is 0 Å². The number of carbonyl (C=O) groups is 1. The second-order valence-electron chi connectivity index (χ2n) is 6.26. The fraction of sp³-hybridized carbons (Fsp3) is 0.917. The van der Waals surface area contributed by atoms with E-state index in [4.69, 9.17) is 0 Å². The number of sulfonamides is 1. The number of carbonyl (C=O) groups excluding carboxylic acids is 1. The molecule has 0 bridgehead atoms. The van der Waals surface area contributed by atoms with Crippen molar-refractivity contribution in [2.24, 2.45) is 0 Å². The highest BCUT2D eigenvalue weighted by Crippen LogP contribution is 2.64. The van der Waals surface area contributed by atoms with Crippen LogP contribution in [0, 0.1) is 0 Å². The molecule has 0 aliphatic rings. The van der Waals surface area contributed by atoms with Crippen LogP contribution < -0.4 is 11.3 Å². The lowest BCUT2D eigenvalue weighted by atomic mass is 9.91. The molecule has 0 atom stereocenters. The Hall–Kier alpha value is -1.85. The molecule has 0 radical (unpaired) electrons. The zero-order valence-electron chi connectivity index (χ0n) is 16.8. The van der Waals surface area contributed by atoms with Crippen molar-refractivity contribution in [3.63, 3.8) is 0 Å². The summed E-state index contributed by atoms with van der Waals surface area (Å²) in [5.41, 5.74) is 0. The first-order valence-electron chi connectivity index (χ1n) is 7.78. The average molecular weight is 602 g/mol. The van der Waals surface area contributed by atoms with Crippen LogP contribution in [-0.4, -0.2) is 78.7 Å². The number of hydrogen-bond donors (Lipinski definition) is 1. The molecule has 0 unspecified atom stereocenters. The largest absolute Gasteiger partial charge is 0.549 e. The smallest absolute Gasteiger partial charge is 0.460 e. The van der Waals surface area contributed by atoms with E-state index < -0.39 is 80.4 Å². The van der Waals surface area contributed by atoms with Gasteiger partial charge in [0.05, 0.1) is 12.5 Å². The molecule has 6 nitrogen and oxygen atoms in total. The van der Waals surface area contributed by atoms with Crippen LogP contribution in [0.25, 0.3) is 0 Å². The Labute approximate surface area is 187 Å². The quantitative estimate of drug-likeness (QED) is 0.363. The lowest BCUT2D eigenvalue weighted by Gasteiger charge is -2.43. The van der Waals surface area contributed by atoms with Crippen molar-refractivity contribution in [3.05, 3.63) is 0 Å². The van der Waals surface area contributed by atoms with Crippen LogP contribution in [0.15, 0.2) is 0 Å². The third kappa shape index (κ3) is 4.62. The van der Waals surface area contributed by atoms with Gasteiger partial charge in [0.2, 0.25) is 0 Å². The number of aliphatic carboxylic acids is 1. The molecule has 0 saturated carbocycles. The molecular weight excluding hydrogens is 591 g/mol. The minimum Gasteiger partial charge on any atom is -0.549 e. The first-order valence-corrected chi connectivity index (χ1v) is 9.22. The molecule has 0 aromatic rings. The molecule has 36 heavy (non-hydrogen) atoms. The van der Waals surface area contributed by atoms with Gasteiger partial charge in [0.15, 0.2) is 0 Å². The van der Waals surface area contributed by atoms with E-state index in [1.807, 2.05) is 0 Å².